The Morgan fingerprint density at radius 3 is 2.72 bits per heavy atom. The summed E-state index contributed by atoms with van der Waals surface area (Å²) < 4.78 is 18.8. The first-order chi connectivity index (χ1) is 12.1. The van der Waals surface area contributed by atoms with Gasteiger partial charge in [0.05, 0.1) is 13.2 Å². The van der Waals surface area contributed by atoms with Crippen LogP contribution in [0.15, 0.2) is 42.6 Å². The summed E-state index contributed by atoms with van der Waals surface area (Å²) >= 11 is 0. The van der Waals surface area contributed by atoms with Gasteiger partial charge in [-0.25, -0.2) is 4.39 Å². The van der Waals surface area contributed by atoms with Crippen molar-refractivity contribution in [3.63, 3.8) is 0 Å². The Kier molecular flexibility index (Phi) is 5.35. The molecule has 130 valence electrons. The third-order valence-electron chi connectivity index (χ3n) is 3.94. The van der Waals surface area contributed by atoms with Crippen LogP contribution in [-0.2, 0) is 11.3 Å². The smallest absolute Gasteiger partial charge is 0.272 e. The minimum atomic E-state index is -0.387. The standard InChI is InChI=1S/C18H18FN3O3/c19-15-4-2-1-3-14(15)12-21-17(23)13-5-6-20-16(11-13)18(24)22-7-9-25-10-8-22/h1-6,11H,7-10,12H2,(H,21,23). The number of carbonyl (C=O) groups excluding carboxylic acids is 2. The molecule has 1 aliphatic heterocycles. The number of hydrogen-bond donors (Lipinski definition) is 1. The first-order valence-electron chi connectivity index (χ1n) is 8.00. The minimum absolute atomic E-state index is 0.0700. The van der Waals surface area contributed by atoms with E-state index in [2.05, 4.69) is 10.3 Å². The predicted molar refractivity (Wildman–Crippen MR) is 88.5 cm³/mol. The van der Waals surface area contributed by atoms with Crippen LogP contribution in [0.1, 0.15) is 26.4 Å². The zero-order valence-corrected chi connectivity index (χ0v) is 13.6. The highest BCUT2D eigenvalue weighted by Crippen LogP contribution is 2.09. The number of amides is 2. The molecule has 1 N–H and O–H groups in total. The van der Waals surface area contributed by atoms with Gasteiger partial charge < -0.3 is 15.0 Å². The number of aromatic nitrogens is 1. The summed E-state index contributed by atoms with van der Waals surface area (Å²) in [5.74, 6) is -0.991. The Morgan fingerprint density at radius 1 is 1.20 bits per heavy atom. The van der Waals surface area contributed by atoms with Gasteiger partial charge in [0.25, 0.3) is 11.8 Å². The second-order valence-electron chi connectivity index (χ2n) is 5.61. The van der Waals surface area contributed by atoms with Crippen LogP contribution in [-0.4, -0.2) is 48.0 Å². The van der Waals surface area contributed by atoms with Gasteiger partial charge in [0, 0.05) is 37.0 Å². The Labute approximate surface area is 144 Å². The normalized spacial score (nSPS) is 14.2. The molecule has 1 aromatic carbocycles. The van der Waals surface area contributed by atoms with Crippen molar-refractivity contribution >= 4 is 11.8 Å². The third-order valence-corrected chi connectivity index (χ3v) is 3.94. The summed E-state index contributed by atoms with van der Waals surface area (Å²) in [6, 6.07) is 9.22. The Bertz CT molecular complexity index is 776. The summed E-state index contributed by atoms with van der Waals surface area (Å²) in [4.78, 5) is 30.4. The number of benzene rings is 1. The molecule has 0 atom stereocenters. The topological polar surface area (TPSA) is 71.5 Å². The van der Waals surface area contributed by atoms with E-state index in [-0.39, 0.29) is 29.9 Å². The van der Waals surface area contributed by atoms with Crippen molar-refractivity contribution in [2.75, 3.05) is 26.3 Å². The largest absolute Gasteiger partial charge is 0.378 e. The van der Waals surface area contributed by atoms with Crippen LogP contribution in [0.25, 0.3) is 0 Å². The van der Waals surface area contributed by atoms with Crippen LogP contribution in [0.2, 0.25) is 0 Å². The van der Waals surface area contributed by atoms with Crippen molar-refractivity contribution in [2.24, 2.45) is 0 Å². The van der Waals surface area contributed by atoms with Crippen molar-refractivity contribution in [3.05, 3.63) is 65.2 Å². The molecule has 2 aromatic rings. The van der Waals surface area contributed by atoms with Gasteiger partial charge in [-0.2, -0.15) is 0 Å². The SMILES string of the molecule is O=C(NCc1ccccc1F)c1ccnc(C(=O)N2CCOCC2)c1. The molecule has 0 radical (unpaired) electrons. The Hall–Kier alpha value is -2.80. The predicted octanol–water partition coefficient (Wildman–Crippen LogP) is 1.62. The van der Waals surface area contributed by atoms with Crippen molar-refractivity contribution in [1.29, 1.82) is 0 Å². The maximum atomic E-state index is 13.6. The highest BCUT2D eigenvalue weighted by Gasteiger charge is 2.20. The van der Waals surface area contributed by atoms with Gasteiger partial charge in [0.2, 0.25) is 0 Å². The number of rotatable bonds is 4. The first-order valence-corrected chi connectivity index (χ1v) is 8.00. The molecule has 3 rings (SSSR count). The number of carbonyl (C=O) groups is 2. The maximum absolute atomic E-state index is 13.6. The van der Waals surface area contributed by atoms with Crippen molar-refractivity contribution < 1.29 is 18.7 Å². The Morgan fingerprint density at radius 2 is 1.96 bits per heavy atom. The van der Waals surface area contributed by atoms with Crippen LogP contribution in [0, 0.1) is 5.82 Å². The minimum Gasteiger partial charge on any atom is -0.378 e. The average molecular weight is 343 g/mol. The van der Waals surface area contributed by atoms with E-state index in [0.717, 1.165) is 0 Å². The van der Waals surface area contributed by atoms with E-state index in [4.69, 9.17) is 4.74 Å². The molecule has 0 saturated carbocycles. The molecule has 1 fully saturated rings. The number of nitrogens with zero attached hydrogens (tertiary/aromatic N) is 2. The van der Waals surface area contributed by atoms with E-state index in [0.29, 0.717) is 37.4 Å². The van der Waals surface area contributed by atoms with E-state index in [1.807, 2.05) is 0 Å². The van der Waals surface area contributed by atoms with Crippen LogP contribution < -0.4 is 5.32 Å². The van der Waals surface area contributed by atoms with E-state index in [1.54, 1.807) is 23.1 Å². The third kappa shape index (κ3) is 4.19. The average Bonchev–Trinajstić information content (AvgIpc) is 2.67. The fraction of sp³-hybridized carbons (Fsp3) is 0.278. The maximum Gasteiger partial charge on any atom is 0.272 e. The van der Waals surface area contributed by atoms with Crippen LogP contribution >= 0.6 is 0 Å². The summed E-state index contributed by atoms with van der Waals surface area (Å²) in [5, 5.41) is 2.65. The lowest BCUT2D eigenvalue weighted by Crippen LogP contribution is -2.41. The van der Waals surface area contributed by atoms with Crippen molar-refractivity contribution in [1.82, 2.24) is 15.2 Å². The summed E-state index contributed by atoms with van der Waals surface area (Å²) in [7, 11) is 0. The second kappa shape index (κ2) is 7.85. The number of pyridine rings is 1. The molecular weight excluding hydrogens is 325 g/mol. The summed E-state index contributed by atoms with van der Waals surface area (Å²) in [5.41, 5.74) is 0.915. The Balaban J connectivity index is 1.67. The van der Waals surface area contributed by atoms with Gasteiger partial charge in [0.15, 0.2) is 0 Å². The number of halogens is 1. The van der Waals surface area contributed by atoms with Gasteiger partial charge in [0.1, 0.15) is 11.5 Å². The summed E-state index contributed by atoms with van der Waals surface area (Å²) in [6.07, 6.45) is 1.42. The fourth-order valence-electron chi connectivity index (χ4n) is 2.54. The van der Waals surface area contributed by atoms with E-state index in [9.17, 15) is 14.0 Å². The van der Waals surface area contributed by atoms with Gasteiger partial charge in [-0.1, -0.05) is 18.2 Å². The molecule has 2 heterocycles. The van der Waals surface area contributed by atoms with Crippen LogP contribution in [0.5, 0.6) is 0 Å². The molecule has 6 nitrogen and oxygen atoms in total. The molecular formula is C18H18FN3O3. The number of ether oxygens (including phenoxy) is 1. The zero-order chi connectivity index (χ0) is 17.6. The highest BCUT2D eigenvalue weighted by molar-refractivity contribution is 5.98. The zero-order valence-electron chi connectivity index (χ0n) is 13.6. The fourth-order valence-corrected chi connectivity index (χ4v) is 2.54. The lowest BCUT2D eigenvalue weighted by atomic mass is 10.1. The molecule has 1 saturated heterocycles. The molecule has 0 bridgehead atoms. The monoisotopic (exact) mass is 343 g/mol. The lowest BCUT2D eigenvalue weighted by Gasteiger charge is -2.26. The van der Waals surface area contributed by atoms with E-state index >= 15 is 0 Å². The highest BCUT2D eigenvalue weighted by atomic mass is 19.1. The molecule has 0 aliphatic carbocycles. The van der Waals surface area contributed by atoms with Crippen LogP contribution in [0.3, 0.4) is 0 Å². The van der Waals surface area contributed by atoms with Gasteiger partial charge >= 0.3 is 0 Å². The molecule has 0 unspecified atom stereocenters. The number of morpholine rings is 1. The molecule has 1 aromatic heterocycles. The van der Waals surface area contributed by atoms with Crippen molar-refractivity contribution in [2.45, 2.75) is 6.54 Å². The molecule has 2 amide bonds. The second-order valence-corrected chi connectivity index (χ2v) is 5.61. The summed E-state index contributed by atoms with van der Waals surface area (Å²) in [6.45, 7) is 2.07. The van der Waals surface area contributed by atoms with E-state index < -0.39 is 0 Å². The molecule has 25 heavy (non-hydrogen) atoms. The molecule has 1 aliphatic rings. The van der Waals surface area contributed by atoms with Gasteiger partial charge in [-0.05, 0) is 18.2 Å². The quantitative estimate of drug-likeness (QED) is 0.916. The molecule has 0 spiro atoms. The number of nitrogens with one attached hydrogen (secondary N) is 1. The van der Waals surface area contributed by atoms with Gasteiger partial charge in [-0.15, -0.1) is 0 Å². The number of hydrogen-bond acceptors (Lipinski definition) is 4. The van der Waals surface area contributed by atoms with Gasteiger partial charge in [-0.3, -0.25) is 14.6 Å². The van der Waals surface area contributed by atoms with E-state index in [1.165, 1.54) is 24.4 Å². The van der Waals surface area contributed by atoms with Crippen LogP contribution in [0.4, 0.5) is 4.39 Å². The first kappa shape index (κ1) is 17.0. The lowest BCUT2D eigenvalue weighted by molar-refractivity contribution is 0.0299. The molecule has 7 heteroatoms. The van der Waals surface area contributed by atoms with Crippen molar-refractivity contribution in [3.8, 4) is 0 Å².